The summed E-state index contributed by atoms with van der Waals surface area (Å²) in [6.45, 7) is 0. The van der Waals surface area contributed by atoms with Crippen LogP contribution in [0.15, 0.2) is 10.2 Å². The molecule has 0 aliphatic rings. The Balaban J connectivity index is 3.63. The second kappa shape index (κ2) is 18.6. The second-order valence-corrected chi connectivity index (χ2v) is 11.9. The molecule has 0 aromatic heterocycles. The fourth-order valence-electron chi connectivity index (χ4n) is 1.50. The molecule has 0 saturated heterocycles. The van der Waals surface area contributed by atoms with Crippen LogP contribution in [0.3, 0.4) is 0 Å². The van der Waals surface area contributed by atoms with Crippen LogP contribution in [0.25, 0.3) is 20.9 Å². The number of hydrogen-bond donors (Lipinski definition) is 2. The fraction of sp³-hybridized carbons (Fsp3) is 1.00. The lowest BCUT2D eigenvalue weighted by Gasteiger charge is -2.08. The Kier molecular flexibility index (Phi) is 18.8. The van der Waals surface area contributed by atoms with Crippen LogP contribution in [-0.2, 0) is 22.2 Å². The van der Waals surface area contributed by atoms with E-state index in [0.717, 1.165) is 23.0 Å². The van der Waals surface area contributed by atoms with Crippen LogP contribution in [0.2, 0.25) is 0 Å². The maximum atomic E-state index is 10.7. The number of hydrogen-bond acceptors (Lipinski definition) is 8. The normalized spacial score (nSPS) is 15.3. The van der Waals surface area contributed by atoms with Crippen molar-refractivity contribution < 1.29 is 17.5 Å². The van der Waals surface area contributed by atoms with E-state index in [1.54, 1.807) is 43.2 Å². The number of rotatable bonds is 17. The van der Waals surface area contributed by atoms with Crippen molar-refractivity contribution in [3.63, 3.8) is 0 Å². The van der Waals surface area contributed by atoms with Gasteiger partial charge in [0.1, 0.15) is 0 Å². The van der Waals surface area contributed by atoms with Gasteiger partial charge in [0.05, 0.1) is 23.6 Å². The molecule has 16 heteroatoms. The van der Waals surface area contributed by atoms with Crippen molar-refractivity contribution in [2.75, 3.05) is 34.5 Å². The first kappa shape index (κ1) is 26.2. The molecule has 0 aromatic carbocycles. The third-order valence-corrected chi connectivity index (χ3v) is 9.06. The van der Waals surface area contributed by atoms with Gasteiger partial charge in [-0.25, -0.2) is 8.42 Å². The summed E-state index contributed by atoms with van der Waals surface area (Å²) in [7, 11) is 6.63. The molecule has 2 N–H and O–H groups in total. The van der Waals surface area contributed by atoms with Gasteiger partial charge in [0.15, 0.2) is 22.2 Å². The largest absolute Gasteiger partial charge is 0.306 e. The summed E-state index contributed by atoms with van der Waals surface area (Å²) in [6, 6.07) is -0.915. The zero-order chi connectivity index (χ0) is 19.6. The SMILES string of the molecule is [N-]=[N+]=N[C@H](CCSSCCSSCC[C@H](CS(=O)O)N=[N+]=[N-])CS(=O)O. The highest BCUT2D eigenvalue weighted by atomic mass is 33.1. The molecular formula is C10H20N6O4S6. The monoisotopic (exact) mass is 480 g/mol. The first-order chi connectivity index (χ1) is 12.5. The molecule has 26 heavy (non-hydrogen) atoms. The van der Waals surface area contributed by atoms with E-state index in [1.807, 2.05) is 0 Å². The third-order valence-electron chi connectivity index (χ3n) is 2.59. The molecule has 10 nitrogen and oxygen atoms in total. The standard InChI is InChI=1S/C10H20N6O4S6/c11-15-13-9(7-25(17)18)1-3-21-23-5-6-24-22-4-2-10(14-16-12)8-26(19)20/h9-10H,1-8H2,(H,17,18)(H,19,20)/t9-,10-/m1/s1. The van der Waals surface area contributed by atoms with Gasteiger partial charge in [0.2, 0.25) is 0 Å². The summed E-state index contributed by atoms with van der Waals surface area (Å²) in [6.07, 6.45) is 1.12. The Morgan fingerprint density at radius 2 is 1.12 bits per heavy atom. The van der Waals surface area contributed by atoms with E-state index in [1.165, 1.54) is 0 Å². The van der Waals surface area contributed by atoms with Crippen LogP contribution in [-0.4, -0.2) is 64.1 Å². The number of azide groups is 2. The number of nitrogens with zero attached hydrogens (tertiary/aromatic N) is 6. The molecule has 2 unspecified atom stereocenters. The lowest BCUT2D eigenvalue weighted by Crippen LogP contribution is -2.14. The van der Waals surface area contributed by atoms with Gasteiger partial charge in [-0.3, -0.25) is 0 Å². The predicted octanol–water partition coefficient (Wildman–Crippen LogP) is 4.33. The van der Waals surface area contributed by atoms with Crippen LogP contribution in [0.4, 0.5) is 0 Å². The van der Waals surface area contributed by atoms with Gasteiger partial charge in [-0.1, -0.05) is 53.4 Å². The van der Waals surface area contributed by atoms with Gasteiger partial charge in [-0.15, -0.1) is 0 Å². The van der Waals surface area contributed by atoms with E-state index in [2.05, 4.69) is 20.1 Å². The van der Waals surface area contributed by atoms with Gasteiger partial charge >= 0.3 is 0 Å². The summed E-state index contributed by atoms with van der Waals surface area (Å²) >= 11 is -3.93. The van der Waals surface area contributed by atoms with E-state index in [-0.39, 0.29) is 11.5 Å². The molecule has 0 amide bonds. The minimum atomic E-state index is -1.96. The topological polar surface area (TPSA) is 172 Å². The van der Waals surface area contributed by atoms with Crippen molar-refractivity contribution in [2.45, 2.75) is 24.9 Å². The Morgan fingerprint density at radius 1 is 0.769 bits per heavy atom. The van der Waals surface area contributed by atoms with Crippen LogP contribution in [0, 0.1) is 0 Å². The highest BCUT2D eigenvalue weighted by Crippen LogP contribution is 2.28. The van der Waals surface area contributed by atoms with Crippen LogP contribution in [0.1, 0.15) is 12.8 Å². The minimum absolute atomic E-state index is 0.0392. The lowest BCUT2D eigenvalue weighted by molar-refractivity contribution is 0.552. The molecule has 0 rings (SSSR count). The van der Waals surface area contributed by atoms with Crippen molar-refractivity contribution in [3.8, 4) is 0 Å². The maximum Gasteiger partial charge on any atom is 0.153 e. The molecule has 0 aliphatic heterocycles. The zero-order valence-corrected chi connectivity index (χ0v) is 18.6. The van der Waals surface area contributed by atoms with Gasteiger partial charge in [-0.2, -0.15) is 0 Å². The van der Waals surface area contributed by atoms with Crippen molar-refractivity contribution in [1.29, 1.82) is 0 Å². The summed E-state index contributed by atoms with van der Waals surface area (Å²) in [5, 5.41) is 7.02. The average molecular weight is 481 g/mol. The summed E-state index contributed by atoms with van der Waals surface area (Å²) in [5.74, 6) is 3.22. The van der Waals surface area contributed by atoms with Crippen molar-refractivity contribution in [2.24, 2.45) is 10.2 Å². The van der Waals surface area contributed by atoms with E-state index < -0.39 is 34.2 Å². The fourth-order valence-corrected chi connectivity index (χ4v) is 7.59. The smallest absolute Gasteiger partial charge is 0.153 e. The summed E-state index contributed by atoms with van der Waals surface area (Å²) in [5.41, 5.74) is 16.8. The molecule has 0 fully saturated rings. The van der Waals surface area contributed by atoms with Crippen LogP contribution < -0.4 is 0 Å². The average Bonchev–Trinajstić information content (AvgIpc) is 2.55. The highest BCUT2D eigenvalue weighted by Gasteiger charge is 2.10. The van der Waals surface area contributed by atoms with Gasteiger partial charge in [0, 0.05) is 32.8 Å². The van der Waals surface area contributed by atoms with Crippen molar-refractivity contribution in [1.82, 2.24) is 0 Å². The molecule has 0 radical (unpaired) electrons. The summed E-state index contributed by atoms with van der Waals surface area (Å²) in [4.78, 5) is 5.37. The zero-order valence-electron chi connectivity index (χ0n) is 13.7. The molecule has 0 spiro atoms. The molecule has 0 saturated carbocycles. The maximum absolute atomic E-state index is 10.7. The summed E-state index contributed by atoms with van der Waals surface area (Å²) < 4.78 is 39.1. The molecular weight excluding hydrogens is 461 g/mol. The molecule has 4 atom stereocenters. The van der Waals surface area contributed by atoms with Crippen molar-refractivity contribution in [3.05, 3.63) is 20.9 Å². The first-order valence-electron chi connectivity index (χ1n) is 7.21. The van der Waals surface area contributed by atoms with E-state index in [4.69, 9.17) is 20.2 Å². The first-order valence-corrected chi connectivity index (χ1v) is 14.7. The Labute approximate surface area is 172 Å². The van der Waals surface area contributed by atoms with Crippen molar-refractivity contribution >= 4 is 65.3 Å². The Morgan fingerprint density at radius 3 is 1.42 bits per heavy atom. The molecule has 0 heterocycles. The quantitative estimate of drug-likeness (QED) is 0.0772. The second-order valence-electron chi connectivity index (χ2n) is 4.56. The van der Waals surface area contributed by atoms with Gasteiger partial charge in [0.25, 0.3) is 0 Å². The lowest BCUT2D eigenvalue weighted by atomic mass is 10.3. The molecule has 150 valence electrons. The molecule has 0 bridgehead atoms. The molecule has 0 aromatic rings. The molecule has 0 aliphatic carbocycles. The predicted molar refractivity (Wildman–Crippen MR) is 116 cm³/mol. The third kappa shape index (κ3) is 17.6. The van der Waals surface area contributed by atoms with Gasteiger partial charge in [-0.05, 0) is 23.9 Å². The Hall–Kier alpha value is 0.240. The van der Waals surface area contributed by atoms with Gasteiger partial charge < -0.3 is 9.11 Å². The van der Waals surface area contributed by atoms with Crippen LogP contribution >= 0.6 is 43.2 Å². The minimum Gasteiger partial charge on any atom is -0.306 e. The highest BCUT2D eigenvalue weighted by molar-refractivity contribution is 8.78. The van der Waals surface area contributed by atoms with E-state index in [0.29, 0.717) is 12.8 Å². The van der Waals surface area contributed by atoms with E-state index in [9.17, 15) is 8.42 Å². The Bertz CT molecular complexity index is 484. The van der Waals surface area contributed by atoms with E-state index >= 15 is 0 Å². The van der Waals surface area contributed by atoms with Crippen LogP contribution in [0.5, 0.6) is 0 Å².